The molecule has 0 aromatic carbocycles. The molecule has 1 atom stereocenters. The third kappa shape index (κ3) is 2.44. The van der Waals surface area contributed by atoms with E-state index in [9.17, 15) is 4.79 Å². The van der Waals surface area contributed by atoms with Crippen molar-refractivity contribution in [1.82, 2.24) is 5.32 Å². The molecule has 0 radical (unpaired) electrons. The van der Waals surface area contributed by atoms with E-state index in [2.05, 4.69) is 10.5 Å². The lowest BCUT2D eigenvalue weighted by Crippen LogP contribution is -2.46. The van der Waals surface area contributed by atoms with E-state index in [1.165, 1.54) is 0 Å². The number of amides is 1. The minimum Gasteiger partial charge on any atom is -0.409 e. The van der Waals surface area contributed by atoms with Crippen LogP contribution in [-0.2, 0) is 9.53 Å². The van der Waals surface area contributed by atoms with Crippen molar-refractivity contribution in [3.8, 4) is 0 Å². The Morgan fingerprint density at radius 1 is 1.69 bits per heavy atom. The zero-order valence-corrected chi connectivity index (χ0v) is 9.69. The van der Waals surface area contributed by atoms with Gasteiger partial charge in [0, 0.05) is 7.11 Å². The number of methoxy groups -OCH3 is 1. The van der Waals surface area contributed by atoms with Crippen molar-refractivity contribution in [3.05, 3.63) is 0 Å². The quantitative estimate of drug-likeness (QED) is 0.259. The molecule has 1 unspecified atom stereocenters. The molecule has 0 spiro atoms. The number of rotatable bonds is 6. The van der Waals surface area contributed by atoms with Gasteiger partial charge in [-0.25, -0.2) is 0 Å². The van der Waals surface area contributed by atoms with Gasteiger partial charge in [0.2, 0.25) is 5.91 Å². The summed E-state index contributed by atoms with van der Waals surface area (Å²) in [7, 11) is 1.59. The summed E-state index contributed by atoms with van der Waals surface area (Å²) < 4.78 is 4.99. The highest BCUT2D eigenvalue weighted by molar-refractivity contribution is 6.09. The number of nitrogens with zero attached hydrogens (tertiary/aromatic N) is 1. The van der Waals surface area contributed by atoms with E-state index in [0.717, 1.165) is 6.42 Å². The lowest BCUT2D eigenvalue weighted by Gasteiger charge is -2.20. The molecule has 16 heavy (non-hydrogen) atoms. The predicted octanol–water partition coefficient (Wildman–Crippen LogP) is 0.0542. The summed E-state index contributed by atoms with van der Waals surface area (Å²) in [6, 6.07) is -0.0264. The summed E-state index contributed by atoms with van der Waals surface area (Å²) in [6.07, 6.45) is 2.06. The first-order valence-corrected chi connectivity index (χ1v) is 5.38. The minimum absolute atomic E-state index is 0.00253. The summed E-state index contributed by atoms with van der Waals surface area (Å²) in [4.78, 5) is 11.9. The second kappa shape index (κ2) is 5.16. The Kier molecular flexibility index (Phi) is 4.12. The van der Waals surface area contributed by atoms with Gasteiger partial charge < -0.3 is 21.0 Å². The van der Waals surface area contributed by atoms with Crippen LogP contribution in [0.15, 0.2) is 5.16 Å². The van der Waals surface area contributed by atoms with Crippen LogP contribution in [0.2, 0.25) is 0 Å². The lowest BCUT2D eigenvalue weighted by atomic mass is 10.0. The summed E-state index contributed by atoms with van der Waals surface area (Å²) in [5.41, 5.74) is 4.73. The topological polar surface area (TPSA) is 96.9 Å². The zero-order chi connectivity index (χ0) is 12.2. The van der Waals surface area contributed by atoms with Gasteiger partial charge in [-0.05, 0) is 19.3 Å². The fourth-order valence-corrected chi connectivity index (χ4v) is 1.61. The van der Waals surface area contributed by atoms with Gasteiger partial charge in [0.05, 0.1) is 12.6 Å². The predicted molar refractivity (Wildman–Crippen MR) is 59.2 cm³/mol. The third-order valence-corrected chi connectivity index (χ3v) is 2.98. The molecule has 0 aromatic heterocycles. The lowest BCUT2D eigenvalue weighted by molar-refractivity contribution is -0.125. The second-order valence-electron chi connectivity index (χ2n) is 4.10. The van der Waals surface area contributed by atoms with Crippen LogP contribution in [0, 0.1) is 5.41 Å². The molecule has 0 aliphatic heterocycles. The molecule has 92 valence electrons. The number of nitrogens with one attached hydrogen (secondary N) is 1. The van der Waals surface area contributed by atoms with Crippen molar-refractivity contribution >= 4 is 11.7 Å². The fraction of sp³-hybridized carbons (Fsp3) is 0.800. The molecule has 4 N–H and O–H groups in total. The highest BCUT2D eigenvalue weighted by atomic mass is 16.5. The Balaban J connectivity index is 2.58. The van der Waals surface area contributed by atoms with E-state index < -0.39 is 5.41 Å². The Morgan fingerprint density at radius 3 is 2.69 bits per heavy atom. The van der Waals surface area contributed by atoms with E-state index in [1.807, 2.05) is 6.92 Å². The molecule has 1 amide bonds. The van der Waals surface area contributed by atoms with Crippen LogP contribution in [-0.4, -0.2) is 36.7 Å². The average Bonchev–Trinajstić information content (AvgIpc) is 3.08. The number of hydrogen-bond acceptors (Lipinski definition) is 4. The highest BCUT2D eigenvalue weighted by Gasteiger charge is 2.54. The first kappa shape index (κ1) is 12.8. The molecule has 1 rings (SSSR count). The standard InChI is InChI=1S/C10H19N3O3/c1-3-7(6-16-2)12-9(14)10(4-5-10)8(11)13-15/h7,15H,3-6H2,1-2H3,(H2,11,13)(H,12,14). The molecule has 0 saturated heterocycles. The molecule has 6 nitrogen and oxygen atoms in total. The van der Waals surface area contributed by atoms with E-state index in [1.54, 1.807) is 7.11 Å². The van der Waals surface area contributed by atoms with Gasteiger partial charge in [0.15, 0.2) is 5.84 Å². The van der Waals surface area contributed by atoms with Crippen molar-refractivity contribution in [2.24, 2.45) is 16.3 Å². The monoisotopic (exact) mass is 229 g/mol. The smallest absolute Gasteiger partial charge is 0.234 e. The van der Waals surface area contributed by atoms with Gasteiger partial charge in [-0.1, -0.05) is 12.1 Å². The van der Waals surface area contributed by atoms with E-state index in [0.29, 0.717) is 19.4 Å². The molecule has 0 bridgehead atoms. The van der Waals surface area contributed by atoms with E-state index >= 15 is 0 Å². The molecule has 6 heteroatoms. The number of oxime groups is 1. The molecule has 1 fully saturated rings. The average molecular weight is 229 g/mol. The summed E-state index contributed by atoms with van der Waals surface area (Å²) in [6.45, 7) is 2.43. The molecule has 1 aliphatic carbocycles. The van der Waals surface area contributed by atoms with Crippen molar-refractivity contribution in [2.75, 3.05) is 13.7 Å². The van der Waals surface area contributed by atoms with Crippen molar-refractivity contribution in [2.45, 2.75) is 32.2 Å². The Hall–Kier alpha value is -1.30. The van der Waals surface area contributed by atoms with Gasteiger partial charge in [-0.15, -0.1) is 0 Å². The van der Waals surface area contributed by atoms with Crippen LogP contribution >= 0.6 is 0 Å². The van der Waals surface area contributed by atoms with Crippen LogP contribution < -0.4 is 11.1 Å². The normalized spacial score (nSPS) is 20.2. The van der Waals surface area contributed by atoms with Crippen LogP contribution in [0.1, 0.15) is 26.2 Å². The van der Waals surface area contributed by atoms with Gasteiger partial charge in [-0.3, -0.25) is 4.79 Å². The van der Waals surface area contributed by atoms with E-state index in [-0.39, 0.29) is 17.8 Å². The molecule has 1 saturated carbocycles. The zero-order valence-electron chi connectivity index (χ0n) is 9.69. The maximum Gasteiger partial charge on any atom is 0.234 e. The number of amidine groups is 1. The van der Waals surface area contributed by atoms with Crippen LogP contribution in [0.4, 0.5) is 0 Å². The number of nitrogens with two attached hydrogens (primary N) is 1. The number of ether oxygens (including phenoxy) is 1. The van der Waals surface area contributed by atoms with Gasteiger partial charge >= 0.3 is 0 Å². The molecular formula is C10H19N3O3. The van der Waals surface area contributed by atoms with Gasteiger partial charge in [-0.2, -0.15) is 0 Å². The number of hydrogen-bond donors (Lipinski definition) is 3. The Morgan fingerprint density at radius 2 is 2.31 bits per heavy atom. The fourth-order valence-electron chi connectivity index (χ4n) is 1.61. The highest BCUT2D eigenvalue weighted by Crippen LogP contribution is 2.46. The van der Waals surface area contributed by atoms with Gasteiger partial charge in [0.25, 0.3) is 0 Å². The second-order valence-corrected chi connectivity index (χ2v) is 4.10. The minimum atomic E-state index is -0.782. The van der Waals surface area contributed by atoms with Crippen molar-refractivity contribution in [3.63, 3.8) is 0 Å². The van der Waals surface area contributed by atoms with E-state index in [4.69, 9.17) is 15.7 Å². The third-order valence-electron chi connectivity index (χ3n) is 2.98. The summed E-state index contributed by atoms with van der Waals surface area (Å²) >= 11 is 0. The van der Waals surface area contributed by atoms with Gasteiger partial charge in [0.1, 0.15) is 5.41 Å². The Labute approximate surface area is 94.8 Å². The van der Waals surface area contributed by atoms with Crippen molar-refractivity contribution in [1.29, 1.82) is 0 Å². The summed E-state index contributed by atoms with van der Waals surface area (Å²) in [5.74, 6) is -0.177. The maximum atomic E-state index is 11.9. The number of carbonyl (C=O) groups excluding carboxylic acids is 1. The van der Waals surface area contributed by atoms with Crippen LogP contribution in [0.5, 0.6) is 0 Å². The first-order chi connectivity index (χ1) is 7.60. The largest absolute Gasteiger partial charge is 0.409 e. The first-order valence-electron chi connectivity index (χ1n) is 5.38. The van der Waals surface area contributed by atoms with Crippen LogP contribution in [0.25, 0.3) is 0 Å². The summed E-state index contributed by atoms with van der Waals surface area (Å²) in [5, 5.41) is 14.4. The molecule has 1 aliphatic rings. The SMILES string of the molecule is CCC(COC)NC(=O)C1(C(N)=NO)CC1. The Bertz CT molecular complexity index is 287. The number of carbonyl (C=O) groups is 1. The van der Waals surface area contributed by atoms with Crippen molar-refractivity contribution < 1.29 is 14.7 Å². The van der Waals surface area contributed by atoms with Crippen LogP contribution in [0.3, 0.4) is 0 Å². The maximum absolute atomic E-state index is 11.9. The molecule has 0 heterocycles. The molecular weight excluding hydrogens is 210 g/mol. The molecule has 0 aromatic rings.